The van der Waals surface area contributed by atoms with E-state index in [2.05, 4.69) is 10.3 Å². The number of aliphatic hydroxyl groups is 2. The summed E-state index contributed by atoms with van der Waals surface area (Å²) < 4.78 is 0. The summed E-state index contributed by atoms with van der Waals surface area (Å²) in [6, 6.07) is 0. The van der Waals surface area contributed by atoms with Crippen LogP contribution in [0.2, 0.25) is 0 Å². The largest absolute Gasteiger partial charge is 0.394 e. The fourth-order valence-corrected chi connectivity index (χ4v) is 1.86. The van der Waals surface area contributed by atoms with Gasteiger partial charge >= 0.3 is 0 Å². The predicted molar refractivity (Wildman–Crippen MR) is 57.7 cm³/mol. The molecule has 3 N–H and O–H groups in total. The molecule has 0 fully saturated rings. The number of nitrogens with zero attached hydrogens (tertiary/aromatic N) is 1. The second kappa shape index (κ2) is 4.72. The third-order valence-corrected chi connectivity index (χ3v) is 2.83. The number of thiazole rings is 1. The normalized spacial score (nSPS) is 11.7. The highest BCUT2D eigenvalue weighted by Gasteiger charge is 2.22. The lowest BCUT2D eigenvalue weighted by Gasteiger charge is -2.25. The fraction of sp³-hybridized carbons (Fsp3) is 0.667. The van der Waals surface area contributed by atoms with Crippen LogP contribution in [0.15, 0.2) is 5.38 Å². The van der Waals surface area contributed by atoms with Crippen LogP contribution < -0.4 is 5.32 Å². The van der Waals surface area contributed by atoms with E-state index < -0.39 is 5.54 Å². The summed E-state index contributed by atoms with van der Waals surface area (Å²) in [6.45, 7) is 3.55. The van der Waals surface area contributed by atoms with Gasteiger partial charge in [-0.15, -0.1) is 11.3 Å². The summed E-state index contributed by atoms with van der Waals surface area (Å²) in [4.78, 5) is 4.29. The Morgan fingerprint density at radius 3 is 2.57 bits per heavy atom. The molecule has 0 amide bonds. The molecule has 0 unspecified atom stereocenters. The van der Waals surface area contributed by atoms with Crippen LogP contribution in [0, 0.1) is 0 Å². The molecular weight excluding hydrogens is 200 g/mol. The zero-order valence-electron chi connectivity index (χ0n) is 8.45. The zero-order chi connectivity index (χ0) is 10.6. The average molecular weight is 216 g/mol. The number of hydrogen-bond donors (Lipinski definition) is 3. The number of aliphatic hydroxyl groups excluding tert-OH is 2. The molecule has 0 spiro atoms. The van der Waals surface area contributed by atoms with E-state index in [1.165, 1.54) is 11.3 Å². The Kier molecular flexibility index (Phi) is 3.86. The van der Waals surface area contributed by atoms with Crippen molar-refractivity contribution in [3.05, 3.63) is 11.1 Å². The second-order valence-corrected chi connectivity index (χ2v) is 4.36. The van der Waals surface area contributed by atoms with Gasteiger partial charge in [-0.05, 0) is 13.3 Å². The fourth-order valence-electron chi connectivity index (χ4n) is 0.914. The Morgan fingerprint density at radius 1 is 1.50 bits per heavy atom. The van der Waals surface area contributed by atoms with Gasteiger partial charge in [-0.3, -0.25) is 0 Å². The Labute approximate surface area is 87.6 Å². The number of rotatable bonds is 5. The maximum absolute atomic E-state index is 9.06. The van der Waals surface area contributed by atoms with Gasteiger partial charge in [0, 0.05) is 5.38 Å². The number of anilines is 1. The highest BCUT2D eigenvalue weighted by atomic mass is 32.1. The molecule has 1 aromatic heterocycles. The first-order valence-corrected chi connectivity index (χ1v) is 5.46. The van der Waals surface area contributed by atoms with Crippen molar-refractivity contribution in [3.8, 4) is 0 Å². The molecule has 1 aromatic rings. The summed E-state index contributed by atoms with van der Waals surface area (Å²) in [6.07, 6.45) is 0.896. The van der Waals surface area contributed by atoms with Crippen molar-refractivity contribution in [3.63, 3.8) is 0 Å². The van der Waals surface area contributed by atoms with E-state index in [4.69, 9.17) is 10.2 Å². The molecule has 1 rings (SSSR count). The minimum atomic E-state index is -0.692. The molecule has 4 nitrogen and oxygen atoms in total. The molecule has 14 heavy (non-hydrogen) atoms. The molecule has 1 heterocycles. The van der Waals surface area contributed by atoms with Crippen LogP contribution >= 0.6 is 11.3 Å². The van der Waals surface area contributed by atoms with Gasteiger partial charge in [-0.1, -0.05) is 6.92 Å². The van der Waals surface area contributed by atoms with E-state index in [0.717, 1.165) is 17.2 Å². The van der Waals surface area contributed by atoms with Gasteiger partial charge in [-0.2, -0.15) is 0 Å². The first-order valence-electron chi connectivity index (χ1n) is 4.58. The maximum Gasteiger partial charge on any atom is 0.183 e. The third-order valence-electron chi connectivity index (χ3n) is 2.02. The van der Waals surface area contributed by atoms with E-state index >= 15 is 0 Å². The summed E-state index contributed by atoms with van der Waals surface area (Å²) in [7, 11) is 0. The SMILES string of the molecule is CCc1csc(NC(C)(CO)CO)n1. The van der Waals surface area contributed by atoms with Crippen LogP contribution in [0.3, 0.4) is 0 Å². The third kappa shape index (κ3) is 2.67. The predicted octanol–water partition coefficient (Wildman–Crippen LogP) is 0.861. The van der Waals surface area contributed by atoms with Crippen molar-refractivity contribution in [2.24, 2.45) is 0 Å². The monoisotopic (exact) mass is 216 g/mol. The van der Waals surface area contributed by atoms with Crippen LogP contribution in [0.25, 0.3) is 0 Å². The molecule has 0 saturated carbocycles. The highest BCUT2D eigenvalue weighted by Crippen LogP contribution is 2.20. The average Bonchev–Trinajstić information content (AvgIpc) is 2.65. The van der Waals surface area contributed by atoms with Gasteiger partial charge in [-0.25, -0.2) is 4.98 Å². The van der Waals surface area contributed by atoms with Crippen molar-refractivity contribution >= 4 is 16.5 Å². The Morgan fingerprint density at radius 2 is 2.14 bits per heavy atom. The van der Waals surface area contributed by atoms with Gasteiger partial charge in [0.25, 0.3) is 0 Å². The van der Waals surface area contributed by atoms with E-state index in [0.29, 0.717) is 0 Å². The molecule has 0 aromatic carbocycles. The lowest BCUT2D eigenvalue weighted by atomic mass is 10.1. The topological polar surface area (TPSA) is 65.4 Å². The van der Waals surface area contributed by atoms with E-state index in [-0.39, 0.29) is 13.2 Å². The number of hydrogen-bond acceptors (Lipinski definition) is 5. The van der Waals surface area contributed by atoms with E-state index in [1.807, 2.05) is 12.3 Å². The number of nitrogens with one attached hydrogen (secondary N) is 1. The lowest BCUT2D eigenvalue weighted by Crippen LogP contribution is -2.42. The molecule has 0 radical (unpaired) electrons. The van der Waals surface area contributed by atoms with Crippen LogP contribution in [-0.2, 0) is 6.42 Å². The Balaban J connectivity index is 2.67. The smallest absolute Gasteiger partial charge is 0.183 e. The van der Waals surface area contributed by atoms with Gasteiger partial charge in [0.05, 0.1) is 24.4 Å². The molecular formula is C9H16N2O2S. The number of aryl methyl sites for hydroxylation is 1. The van der Waals surface area contributed by atoms with Gasteiger partial charge < -0.3 is 15.5 Å². The molecule has 0 atom stereocenters. The molecule has 80 valence electrons. The van der Waals surface area contributed by atoms with Crippen LogP contribution in [0.1, 0.15) is 19.5 Å². The lowest BCUT2D eigenvalue weighted by molar-refractivity contribution is 0.147. The maximum atomic E-state index is 9.06. The summed E-state index contributed by atoms with van der Waals surface area (Å²) in [5.41, 5.74) is 0.332. The van der Waals surface area contributed by atoms with Crippen molar-refractivity contribution in [2.75, 3.05) is 18.5 Å². The van der Waals surface area contributed by atoms with Crippen LogP contribution in [-0.4, -0.2) is 33.9 Å². The minimum Gasteiger partial charge on any atom is -0.394 e. The molecule has 5 heteroatoms. The van der Waals surface area contributed by atoms with Gasteiger partial charge in [0.1, 0.15) is 0 Å². The Hall–Kier alpha value is -0.650. The summed E-state index contributed by atoms with van der Waals surface area (Å²) >= 11 is 1.49. The van der Waals surface area contributed by atoms with E-state index in [1.54, 1.807) is 6.92 Å². The summed E-state index contributed by atoms with van der Waals surface area (Å²) in [5.74, 6) is 0. The van der Waals surface area contributed by atoms with Crippen molar-refractivity contribution in [1.82, 2.24) is 4.98 Å². The standard InChI is InChI=1S/C9H16N2O2S/c1-3-7-4-14-8(10-7)11-9(2,5-12)6-13/h4,12-13H,3,5-6H2,1-2H3,(H,10,11). The van der Waals surface area contributed by atoms with Crippen LogP contribution in [0.4, 0.5) is 5.13 Å². The second-order valence-electron chi connectivity index (χ2n) is 3.50. The Bertz CT molecular complexity index is 284. The van der Waals surface area contributed by atoms with Crippen molar-refractivity contribution in [2.45, 2.75) is 25.8 Å². The zero-order valence-corrected chi connectivity index (χ0v) is 9.27. The molecule has 0 aliphatic heterocycles. The quantitative estimate of drug-likeness (QED) is 0.683. The highest BCUT2D eigenvalue weighted by molar-refractivity contribution is 7.13. The number of aromatic nitrogens is 1. The van der Waals surface area contributed by atoms with E-state index in [9.17, 15) is 0 Å². The van der Waals surface area contributed by atoms with Crippen LogP contribution in [0.5, 0.6) is 0 Å². The van der Waals surface area contributed by atoms with Crippen molar-refractivity contribution < 1.29 is 10.2 Å². The van der Waals surface area contributed by atoms with Crippen molar-refractivity contribution in [1.29, 1.82) is 0 Å². The molecule has 0 aliphatic carbocycles. The minimum absolute atomic E-state index is 0.120. The molecule has 0 aliphatic rings. The van der Waals surface area contributed by atoms with Gasteiger partial charge in [0.2, 0.25) is 0 Å². The molecule has 0 saturated heterocycles. The van der Waals surface area contributed by atoms with Gasteiger partial charge in [0.15, 0.2) is 5.13 Å². The molecule has 0 bridgehead atoms. The first-order chi connectivity index (χ1) is 6.63. The summed E-state index contributed by atoms with van der Waals surface area (Å²) in [5, 5.41) is 23.9. The first kappa shape index (κ1) is 11.4.